The number of nitrogens with zero attached hydrogens (tertiary/aromatic N) is 4. The maximum absolute atomic E-state index is 9.24. The fraction of sp³-hybridized carbons (Fsp3) is 0.846. The highest BCUT2D eigenvalue weighted by Gasteiger charge is 2.29. The van der Waals surface area contributed by atoms with E-state index in [0.29, 0.717) is 10.6 Å². The molecule has 2 saturated carbocycles. The van der Waals surface area contributed by atoms with Crippen LogP contribution in [-0.4, -0.2) is 37.4 Å². The van der Waals surface area contributed by atoms with Gasteiger partial charge in [0.05, 0.1) is 6.67 Å². The van der Waals surface area contributed by atoms with Crippen LogP contribution in [0.15, 0.2) is 0 Å². The molecule has 1 N–H and O–H groups in total. The molecule has 0 atom stereocenters. The van der Waals surface area contributed by atoms with Crippen molar-refractivity contribution in [3.8, 4) is 0 Å². The van der Waals surface area contributed by atoms with Crippen molar-refractivity contribution < 1.29 is 5.11 Å². The minimum absolute atomic E-state index is 0.0572. The van der Waals surface area contributed by atoms with Crippen LogP contribution in [0.3, 0.4) is 0 Å². The molecule has 0 aromatic carbocycles. The number of hydrogen-bond acceptors (Lipinski definition) is 4. The predicted molar refractivity (Wildman–Crippen MR) is 75.0 cm³/mol. The lowest BCUT2D eigenvalue weighted by atomic mass is 10.3. The summed E-state index contributed by atoms with van der Waals surface area (Å²) in [6.07, 6.45) is 5.49. The second-order valence-electron chi connectivity index (χ2n) is 5.98. The van der Waals surface area contributed by atoms with E-state index in [0.717, 1.165) is 18.5 Å². The monoisotopic (exact) mass is 282 g/mol. The van der Waals surface area contributed by atoms with Gasteiger partial charge in [-0.1, -0.05) is 0 Å². The van der Waals surface area contributed by atoms with E-state index < -0.39 is 0 Å². The van der Waals surface area contributed by atoms with Gasteiger partial charge in [0.1, 0.15) is 6.61 Å². The van der Waals surface area contributed by atoms with E-state index >= 15 is 0 Å². The van der Waals surface area contributed by atoms with Gasteiger partial charge in [-0.05, 0) is 49.7 Å². The van der Waals surface area contributed by atoms with Crippen LogP contribution in [0.4, 0.5) is 0 Å². The van der Waals surface area contributed by atoms with Gasteiger partial charge in [-0.15, -0.1) is 0 Å². The molecule has 2 fully saturated rings. The van der Waals surface area contributed by atoms with E-state index in [4.69, 9.17) is 12.2 Å². The van der Waals surface area contributed by atoms with Crippen LogP contribution in [0.2, 0.25) is 0 Å². The molecule has 0 radical (unpaired) electrons. The van der Waals surface area contributed by atoms with Crippen molar-refractivity contribution in [3.63, 3.8) is 0 Å². The Hall–Kier alpha value is -0.720. The zero-order valence-corrected chi connectivity index (χ0v) is 12.3. The average Bonchev–Trinajstić information content (AvgIpc) is 3.28. The topological polar surface area (TPSA) is 46.2 Å². The fourth-order valence-electron chi connectivity index (χ4n) is 2.47. The largest absolute Gasteiger partial charge is 0.388 e. The summed E-state index contributed by atoms with van der Waals surface area (Å²) in [5, 5.41) is 13.7. The van der Waals surface area contributed by atoms with Gasteiger partial charge in [0.15, 0.2) is 10.6 Å². The Bertz CT molecular complexity index is 487. The predicted octanol–water partition coefficient (Wildman–Crippen LogP) is 1.52. The maximum atomic E-state index is 9.24. The first-order chi connectivity index (χ1) is 9.17. The van der Waals surface area contributed by atoms with Gasteiger partial charge in [0.25, 0.3) is 0 Å². The van der Waals surface area contributed by atoms with Gasteiger partial charge in [-0.3, -0.25) is 4.90 Å². The van der Waals surface area contributed by atoms with Gasteiger partial charge < -0.3 is 9.67 Å². The van der Waals surface area contributed by atoms with Crippen LogP contribution in [-0.2, 0) is 20.3 Å². The normalized spacial score (nSPS) is 19.3. The van der Waals surface area contributed by atoms with Crippen LogP contribution < -0.4 is 0 Å². The van der Waals surface area contributed by atoms with Gasteiger partial charge in [0.2, 0.25) is 0 Å². The number of aliphatic hydroxyl groups is 1. The lowest BCUT2D eigenvalue weighted by Crippen LogP contribution is -2.31. The molecular weight excluding hydrogens is 260 g/mol. The Kier molecular flexibility index (Phi) is 3.73. The van der Waals surface area contributed by atoms with Crippen LogP contribution >= 0.6 is 12.2 Å². The Labute approximate surface area is 118 Å². The van der Waals surface area contributed by atoms with E-state index in [1.165, 1.54) is 38.8 Å². The molecule has 0 saturated heterocycles. The standard InChI is InChI=1S/C13H22N4OS/c1-15-12(8-18)14-17(13(15)19)9-16(6-10-2-3-10)7-11-4-5-11/h10-11,18H,2-9H2,1H3. The molecule has 1 heterocycles. The van der Waals surface area contributed by atoms with E-state index in [1.807, 2.05) is 11.7 Å². The van der Waals surface area contributed by atoms with Gasteiger partial charge in [-0.25, -0.2) is 4.68 Å². The van der Waals surface area contributed by atoms with E-state index in [2.05, 4.69) is 10.00 Å². The first-order valence-corrected chi connectivity index (χ1v) is 7.54. The zero-order chi connectivity index (χ0) is 13.4. The van der Waals surface area contributed by atoms with E-state index in [9.17, 15) is 5.11 Å². The summed E-state index contributed by atoms with van der Waals surface area (Å²) in [5.41, 5.74) is 0. The first kappa shape index (κ1) is 13.3. The summed E-state index contributed by atoms with van der Waals surface area (Å²) in [7, 11) is 1.86. The molecule has 0 bridgehead atoms. The molecule has 0 aliphatic heterocycles. The molecule has 106 valence electrons. The molecule has 2 aliphatic rings. The quantitative estimate of drug-likeness (QED) is 0.770. The third-order valence-corrected chi connectivity index (χ3v) is 4.52. The molecular formula is C13H22N4OS. The molecule has 1 aromatic rings. The zero-order valence-electron chi connectivity index (χ0n) is 11.5. The first-order valence-electron chi connectivity index (χ1n) is 7.13. The third kappa shape index (κ3) is 3.24. The van der Waals surface area contributed by atoms with Crippen molar-refractivity contribution in [2.75, 3.05) is 13.1 Å². The maximum Gasteiger partial charge on any atom is 0.198 e. The summed E-state index contributed by atoms with van der Waals surface area (Å²) in [6.45, 7) is 3.05. The number of aromatic nitrogens is 3. The highest BCUT2D eigenvalue weighted by Crippen LogP contribution is 2.33. The molecule has 2 aliphatic carbocycles. The third-order valence-electron chi connectivity index (χ3n) is 4.03. The Morgan fingerprint density at radius 3 is 2.26 bits per heavy atom. The number of aliphatic hydroxyl groups excluding tert-OH is 1. The minimum atomic E-state index is -0.0572. The lowest BCUT2D eigenvalue weighted by molar-refractivity contribution is 0.187. The average molecular weight is 282 g/mol. The van der Waals surface area contributed by atoms with Crippen LogP contribution in [0.1, 0.15) is 31.5 Å². The molecule has 6 heteroatoms. The summed E-state index contributed by atoms with van der Waals surface area (Å²) >= 11 is 5.38. The molecule has 5 nitrogen and oxygen atoms in total. The summed E-state index contributed by atoms with van der Waals surface area (Å²) in [5.74, 6) is 2.41. The van der Waals surface area contributed by atoms with Crippen LogP contribution in [0.5, 0.6) is 0 Å². The Morgan fingerprint density at radius 2 is 1.84 bits per heavy atom. The van der Waals surface area contributed by atoms with Gasteiger partial charge in [-0.2, -0.15) is 5.10 Å². The van der Waals surface area contributed by atoms with E-state index in [1.54, 1.807) is 4.57 Å². The second kappa shape index (κ2) is 5.34. The smallest absolute Gasteiger partial charge is 0.198 e. The SMILES string of the molecule is Cn1c(CO)nn(CN(CC2CC2)CC2CC2)c1=S. The van der Waals surface area contributed by atoms with Crippen LogP contribution in [0.25, 0.3) is 0 Å². The van der Waals surface area contributed by atoms with Crippen molar-refractivity contribution in [2.24, 2.45) is 18.9 Å². The molecule has 0 amide bonds. The second-order valence-corrected chi connectivity index (χ2v) is 6.34. The lowest BCUT2D eigenvalue weighted by Gasteiger charge is -2.21. The highest BCUT2D eigenvalue weighted by molar-refractivity contribution is 7.71. The number of hydrogen-bond donors (Lipinski definition) is 1. The van der Waals surface area contributed by atoms with E-state index in [-0.39, 0.29) is 6.61 Å². The Balaban J connectivity index is 1.70. The van der Waals surface area contributed by atoms with Crippen molar-refractivity contribution in [3.05, 3.63) is 10.6 Å². The van der Waals surface area contributed by atoms with Crippen LogP contribution in [0, 0.1) is 16.6 Å². The highest BCUT2D eigenvalue weighted by atomic mass is 32.1. The molecule has 3 rings (SSSR count). The summed E-state index contributed by atoms with van der Waals surface area (Å²) in [4.78, 5) is 2.49. The molecule has 19 heavy (non-hydrogen) atoms. The fourth-order valence-corrected chi connectivity index (χ4v) is 2.68. The Morgan fingerprint density at radius 1 is 1.26 bits per heavy atom. The minimum Gasteiger partial charge on any atom is -0.388 e. The molecule has 0 spiro atoms. The summed E-state index contributed by atoms with van der Waals surface area (Å²) < 4.78 is 4.34. The van der Waals surface area contributed by atoms with Crippen molar-refractivity contribution in [2.45, 2.75) is 39.0 Å². The van der Waals surface area contributed by atoms with Crippen molar-refractivity contribution in [1.82, 2.24) is 19.2 Å². The molecule has 0 unspecified atom stereocenters. The molecule has 1 aromatic heterocycles. The van der Waals surface area contributed by atoms with Crippen molar-refractivity contribution in [1.29, 1.82) is 0 Å². The summed E-state index contributed by atoms with van der Waals surface area (Å²) in [6, 6.07) is 0. The van der Waals surface area contributed by atoms with Gasteiger partial charge >= 0.3 is 0 Å². The van der Waals surface area contributed by atoms with Gasteiger partial charge in [0, 0.05) is 20.1 Å². The van der Waals surface area contributed by atoms with Crippen molar-refractivity contribution >= 4 is 12.2 Å². The number of rotatable bonds is 7.